The van der Waals surface area contributed by atoms with E-state index in [0.717, 1.165) is 11.0 Å². The minimum absolute atomic E-state index is 0.0639. The Morgan fingerprint density at radius 3 is 2.44 bits per heavy atom. The van der Waals surface area contributed by atoms with Crippen LogP contribution < -0.4 is 10.6 Å². The third-order valence-corrected chi connectivity index (χ3v) is 4.48. The number of benzene rings is 2. The van der Waals surface area contributed by atoms with Gasteiger partial charge in [-0.15, -0.1) is 0 Å². The summed E-state index contributed by atoms with van der Waals surface area (Å²) in [5.41, 5.74) is 3.90. The van der Waals surface area contributed by atoms with Crippen LogP contribution in [-0.4, -0.2) is 20.0 Å². The third kappa shape index (κ3) is 3.76. The highest BCUT2D eigenvalue weighted by Crippen LogP contribution is 2.19. The molecule has 128 valence electrons. The van der Waals surface area contributed by atoms with Gasteiger partial charge in [-0.25, -0.2) is 19.0 Å². The zero-order valence-electron chi connectivity index (χ0n) is 13.3. The molecule has 3 rings (SSSR count). The van der Waals surface area contributed by atoms with E-state index in [1.54, 1.807) is 6.92 Å². The van der Waals surface area contributed by atoms with Crippen molar-refractivity contribution < 1.29 is 17.6 Å². The van der Waals surface area contributed by atoms with Gasteiger partial charge in [-0.3, -0.25) is 4.79 Å². The average Bonchev–Trinajstić information content (AvgIpc) is 3.03. The lowest BCUT2D eigenvalue weighted by atomic mass is 10.2. The molecule has 3 aromatic rings. The lowest BCUT2D eigenvalue weighted by Crippen LogP contribution is -2.19. The topological polar surface area (TPSA) is 115 Å². The second-order valence-electron chi connectivity index (χ2n) is 5.36. The minimum atomic E-state index is -3.79. The summed E-state index contributed by atoms with van der Waals surface area (Å²) in [7, 11) is -3.79. The molecular weight excluding hydrogens is 342 g/mol. The molecular formula is C17H15N3O4S. The Bertz CT molecular complexity index is 1030. The van der Waals surface area contributed by atoms with Crippen LogP contribution in [0.15, 0.2) is 69.0 Å². The first-order valence-corrected chi connectivity index (χ1v) is 8.86. The van der Waals surface area contributed by atoms with E-state index in [0.29, 0.717) is 11.5 Å². The van der Waals surface area contributed by atoms with E-state index >= 15 is 0 Å². The fourth-order valence-electron chi connectivity index (χ4n) is 2.21. The predicted octanol–water partition coefficient (Wildman–Crippen LogP) is 2.23. The molecule has 0 atom stereocenters. The molecule has 1 heterocycles. The van der Waals surface area contributed by atoms with Gasteiger partial charge in [0.1, 0.15) is 11.3 Å². The summed E-state index contributed by atoms with van der Waals surface area (Å²) in [4.78, 5) is 12.0. The van der Waals surface area contributed by atoms with E-state index in [1.165, 1.54) is 24.3 Å². The summed E-state index contributed by atoms with van der Waals surface area (Å²) in [5.74, 6) is 0.0718. The van der Waals surface area contributed by atoms with Crippen LogP contribution in [0.25, 0.3) is 11.0 Å². The molecule has 1 aromatic heterocycles. The fourth-order valence-corrected chi connectivity index (χ4v) is 2.73. The zero-order chi connectivity index (χ0) is 18.0. The van der Waals surface area contributed by atoms with Gasteiger partial charge in [0.15, 0.2) is 5.76 Å². The van der Waals surface area contributed by atoms with Crippen molar-refractivity contribution in [2.24, 2.45) is 10.2 Å². The highest BCUT2D eigenvalue weighted by atomic mass is 32.2. The molecule has 8 heteroatoms. The van der Waals surface area contributed by atoms with Crippen LogP contribution in [0.2, 0.25) is 0 Å². The molecule has 0 radical (unpaired) electrons. The van der Waals surface area contributed by atoms with Crippen molar-refractivity contribution in [2.45, 2.75) is 11.8 Å². The van der Waals surface area contributed by atoms with Crippen LogP contribution in [0.3, 0.4) is 0 Å². The van der Waals surface area contributed by atoms with Gasteiger partial charge in [-0.2, -0.15) is 5.10 Å². The van der Waals surface area contributed by atoms with Crippen molar-refractivity contribution in [3.8, 4) is 0 Å². The van der Waals surface area contributed by atoms with E-state index in [2.05, 4.69) is 10.5 Å². The molecule has 0 saturated heterocycles. The number of carbonyl (C=O) groups excluding carboxylic acids is 1. The van der Waals surface area contributed by atoms with Gasteiger partial charge in [0.25, 0.3) is 5.91 Å². The number of rotatable bonds is 4. The number of primary sulfonamides is 1. The van der Waals surface area contributed by atoms with Crippen molar-refractivity contribution in [1.82, 2.24) is 5.43 Å². The second kappa shape index (κ2) is 6.50. The molecule has 2 aromatic carbocycles. The van der Waals surface area contributed by atoms with E-state index in [9.17, 15) is 13.2 Å². The monoisotopic (exact) mass is 357 g/mol. The summed E-state index contributed by atoms with van der Waals surface area (Å²) in [6, 6.07) is 14.6. The zero-order valence-corrected chi connectivity index (χ0v) is 14.1. The van der Waals surface area contributed by atoms with E-state index < -0.39 is 15.9 Å². The third-order valence-electron chi connectivity index (χ3n) is 3.55. The summed E-state index contributed by atoms with van der Waals surface area (Å²) in [6.45, 7) is 1.71. The Kier molecular flexibility index (Phi) is 4.39. The van der Waals surface area contributed by atoms with Gasteiger partial charge in [0.2, 0.25) is 10.0 Å². The van der Waals surface area contributed by atoms with Gasteiger partial charge in [-0.1, -0.05) is 18.2 Å². The number of fused-ring (bicyclic) bond motifs is 1. The molecule has 0 bridgehead atoms. The van der Waals surface area contributed by atoms with E-state index in [1.807, 2.05) is 30.3 Å². The standard InChI is InChI=1S/C17H15N3O4S/c1-11(16-10-13-4-2-3-5-15(13)24-16)19-20-17(21)12-6-8-14(9-7-12)25(18,22)23/h2-10H,1H3,(H,20,21)(H2,18,22,23)/b19-11+. The number of furan rings is 1. The number of nitrogens with one attached hydrogen (secondary N) is 1. The number of hydrogen-bond donors (Lipinski definition) is 2. The first-order valence-electron chi connectivity index (χ1n) is 7.31. The Balaban J connectivity index is 1.75. The Morgan fingerprint density at radius 1 is 1.12 bits per heavy atom. The molecule has 0 saturated carbocycles. The summed E-state index contributed by atoms with van der Waals surface area (Å²) < 4.78 is 28.1. The Hall–Kier alpha value is -2.97. The first-order chi connectivity index (χ1) is 11.8. The summed E-state index contributed by atoms with van der Waals surface area (Å²) in [5, 5.41) is 9.98. The van der Waals surface area contributed by atoms with Crippen molar-refractivity contribution in [3.05, 3.63) is 65.9 Å². The number of hydrazone groups is 1. The maximum absolute atomic E-state index is 12.1. The number of carbonyl (C=O) groups is 1. The fraction of sp³-hybridized carbons (Fsp3) is 0.0588. The van der Waals surface area contributed by atoms with E-state index in [-0.39, 0.29) is 10.5 Å². The van der Waals surface area contributed by atoms with Crippen molar-refractivity contribution in [1.29, 1.82) is 0 Å². The molecule has 1 amide bonds. The molecule has 0 unspecified atom stereocenters. The first kappa shape index (κ1) is 16.9. The maximum atomic E-state index is 12.1. The second-order valence-corrected chi connectivity index (χ2v) is 6.92. The number of nitrogens with two attached hydrogens (primary N) is 1. The van der Waals surface area contributed by atoms with Gasteiger partial charge in [0, 0.05) is 10.9 Å². The highest BCUT2D eigenvalue weighted by Gasteiger charge is 2.11. The van der Waals surface area contributed by atoms with Crippen LogP contribution in [-0.2, 0) is 10.0 Å². The molecule has 0 aliphatic heterocycles. The summed E-state index contributed by atoms with van der Waals surface area (Å²) in [6.07, 6.45) is 0. The number of hydrogen-bond acceptors (Lipinski definition) is 5. The lowest BCUT2D eigenvalue weighted by Gasteiger charge is -2.02. The van der Waals surface area contributed by atoms with Crippen LogP contribution in [0, 0.1) is 0 Å². The van der Waals surface area contributed by atoms with Crippen molar-refractivity contribution in [2.75, 3.05) is 0 Å². The molecule has 0 fully saturated rings. The van der Waals surface area contributed by atoms with Crippen LogP contribution in [0.5, 0.6) is 0 Å². The van der Waals surface area contributed by atoms with Crippen molar-refractivity contribution in [3.63, 3.8) is 0 Å². The number of sulfonamides is 1. The van der Waals surface area contributed by atoms with Crippen LogP contribution in [0.1, 0.15) is 23.0 Å². The minimum Gasteiger partial charge on any atom is -0.455 e. The predicted molar refractivity (Wildman–Crippen MR) is 93.7 cm³/mol. The SMILES string of the molecule is C/C(=N\NC(=O)c1ccc(S(N)(=O)=O)cc1)c1cc2ccccc2o1. The molecule has 25 heavy (non-hydrogen) atoms. The largest absolute Gasteiger partial charge is 0.455 e. The van der Waals surface area contributed by atoms with Gasteiger partial charge in [-0.05, 0) is 43.3 Å². The molecule has 0 spiro atoms. The number of amides is 1. The molecule has 0 aliphatic carbocycles. The van der Waals surface area contributed by atoms with Crippen LogP contribution in [0.4, 0.5) is 0 Å². The number of nitrogens with zero attached hydrogens (tertiary/aromatic N) is 1. The smallest absolute Gasteiger partial charge is 0.271 e. The number of para-hydroxylation sites is 1. The van der Waals surface area contributed by atoms with Gasteiger partial charge >= 0.3 is 0 Å². The van der Waals surface area contributed by atoms with E-state index in [4.69, 9.17) is 9.56 Å². The molecule has 7 nitrogen and oxygen atoms in total. The average molecular weight is 357 g/mol. The Labute approximate surface area is 144 Å². The van der Waals surface area contributed by atoms with Crippen LogP contribution >= 0.6 is 0 Å². The highest BCUT2D eigenvalue weighted by molar-refractivity contribution is 7.89. The Morgan fingerprint density at radius 2 is 1.80 bits per heavy atom. The van der Waals surface area contributed by atoms with Crippen molar-refractivity contribution >= 4 is 32.6 Å². The van der Waals surface area contributed by atoms with Gasteiger partial charge in [0.05, 0.1) is 4.90 Å². The maximum Gasteiger partial charge on any atom is 0.271 e. The summed E-state index contributed by atoms with van der Waals surface area (Å²) >= 11 is 0. The molecule has 0 aliphatic rings. The lowest BCUT2D eigenvalue weighted by molar-refractivity contribution is 0.0954. The quantitative estimate of drug-likeness (QED) is 0.550. The molecule has 3 N–H and O–H groups in total. The van der Waals surface area contributed by atoms with Gasteiger partial charge < -0.3 is 4.42 Å². The normalized spacial score (nSPS) is 12.3.